The van der Waals surface area contributed by atoms with Gasteiger partial charge in [0.15, 0.2) is 5.16 Å². The van der Waals surface area contributed by atoms with Crippen molar-refractivity contribution in [2.24, 2.45) is 0 Å². The molecule has 31 heavy (non-hydrogen) atoms. The Morgan fingerprint density at radius 1 is 1.13 bits per heavy atom. The van der Waals surface area contributed by atoms with E-state index in [0.717, 1.165) is 16.7 Å². The monoisotopic (exact) mass is 434 g/mol. The molecule has 158 valence electrons. The van der Waals surface area contributed by atoms with Crippen molar-refractivity contribution in [3.8, 4) is 0 Å². The van der Waals surface area contributed by atoms with Gasteiger partial charge in [-0.3, -0.25) is 14.4 Å². The van der Waals surface area contributed by atoms with Crippen LogP contribution in [0.5, 0.6) is 0 Å². The average molecular weight is 435 g/mol. The van der Waals surface area contributed by atoms with Crippen molar-refractivity contribution in [2.75, 3.05) is 10.6 Å². The van der Waals surface area contributed by atoms with Crippen LogP contribution in [0.4, 0.5) is 11.5 Å². The predicted molar refractivity (Wildman–Crippen MR) is 121 cm³/mol. The number of nitrogens with one attached hydrogen (secondary N) is 3. The standard InChI is InChI=1S/C23H22N4O3S/c1-13-8-14(2)10-16(9-13)24-21(29)17-11-18(28)25-20-19(17)22(30)27-23(26-20)31-12-15-6-4-3-5-7-15/h3-10,17H,11-12H2,1-2H3,(H,24,29)(H2,25,26,27,28,30)/t17-/m1/s1. The Bertz CT molecular complexity index is 1190. The third kappa shape index (κ3) is 4.86. The van der Waals surface area contributed by atoms with Gasteiger partial charge in [0.2, 0.25) is 11.8 Å². The molecule has 0 bridgehead atoms. The quantitative estimate of drug-likeness (QED) is 0.419. The fourth-order valence-corrected chi connectivity index (χ4v) is 4.46. The lowest BCUT2D eigenvalue weighted by molar-refractivity contribution is -0.123. The molecule has 1 aromatic heterocycles. The zero-order valence-electron chi connectivity index (χ0n) is 17.2. The van der Waals surface area contributed by atoms with Gasteiger partial charge in [0.1, 0.15) is 5.82 Å². The van der Waals surface area contributed by atoms with Gasteiger partial charge in [-0.2, -0.15) is 0 Å². The van der Waals surface area contributed by atoms with Crippen LogP contribution in [0.2, 0.25) is 0 Å². The summed E-state index contributed by atoms with van der Waals surface area (Å²) in [6, 6.07) is 15.5. The fourth-order valence-electron chi connectivity index (χ4n) is 3.65. The van der Waals surface area contributed by atoms with Gasteiger partial charge in [-0.15, -0.1) is 0 Å². The molecule has 0 saturated carbocycles. The maximum atomic E-state index is 13.0. The van der Waals surface area contributed by atoms with Gasteiger partial charge in [0, 0.05) is 17.9 Å². The molecule has 0 spiro atoms. The number of carbonyl (C=O) groups is 2. The van der Waals surface area contributed by atoms with E-state index in [2.05, 4.69) is 20.6 Å². The largest absolute Gasteiger partial charge is 0.326 e. The van der Waals surface area contributed by atoms with Crippen LogP contribution in [0.25, 0.3) is 0 Å². The van der Waals surface area contributed by atoms with E-state index < -0.39 is 17.4 Å². The molecule has 3 aromatic rings. The van der Waals surface area contributed by atoms with Crippen LogP contribution < -0.4 is 16.2 Å². The molecule has 0 aliphatic carbocycles. The maximum absolute atomic E-state index is 13.0. The second-order valence-electron chi connectivity index (χ2n) is 7.58. The number of H-pyrrole nitrogens is 1. The van der Waals surface area contributed by atoms with Crippen molar-refractivity contribution >= 4 is 35.1 Å². The third-order valence-electron chi connectivity index (χ3n) is 4.95. The molecule has 1 aliphatic heterocycles. The molecule has 0 fully saturated rings. The number of nitrogens with zero attached hydrogens (tertiary/aromatic N) is 1. The van der Waals surface area contributed by atoms with Crippen molar-refractivity contribution < 1.29 is 9.59 Å². The van der Waals surface area contributed by atoms with Gasteiger partial charge < -0.3 is 15.6 Å². The molecule has 2 heterocycles. The lowest BCUT2D eigenvalue weighted by Crippen LogP contribution is -2.36. The predicted octanol–water partition coefficient (Wildman–Crippen LogP) is 3.74. The van der Waals surface area contributed by atoms with Gasteiger partial charge >= 0.3 is 0 Å². The summed E-state index contributed by atoms with van der Waals surface area (Å²) >= 11 is 1.36. The minimum atomic E-state index is -0.908. The van der Waals surface area contributed by atoms with E-state index in [0.29, 0.717) is 16.6 Å². The molecule has 0 saturated heterocycles. The van der Waals surface area contributed by atoms with Crippen molar-refractivity contribution in [1.82, 2.24) is 9.97 Å². The fraction of sp³-hybridized carbons (Fsp3) is 0.217. The zero-order valence-corrected chi connectivity index (χ0v) is 18.0. The Labute approximate surface area is 183 Å². The number of amides is 2. The summed E-state index contributed by atoms with van der Waals surface area (Å²) in [7, 11) is 0. The summed E-state index contributed by atoms with van der Waals surface area (Å²) in [4.78, 5) is 45.2. The lowest BCUT2D eigenvalue weighted by atomic mass is 9.92. The molecule has 4 rings (SSSR count). The Kier molecular flexibility index (Phi) is 5.90. The second kappa shape index (κ2) is 8.77. The highest BCUT2D eigenvalue weighted by atomic mass is 32.2. The third-order valence-corrected chi connectivity index (χ3v) is 5.90. The van der Waals surface area contributed by atoms with Crippen LogP contribution in [-0.2, 0) is 15.3 Å². The van der Waals surface area contributed by atoms with E-state index in [1.165, 1.54) is 11.8 Å². The molecule has 1 atom stereocenters. The number of thioether (sulfide) groups is 1. The first-order valence-electron chi connectivity index (χ1n) is 9.89. The van der Waals surface area contributed by atoms with Crippen LogP contribution in [0.3, 0.4) is 0 Å². The Morgan fingerprint density at radius 2 is 1.84 bits per heavy atom. The van der Waals surface area contributed by atoms with Crippen LogP contribution in [0.15, 0.2) is 58.5 Å². The normalized spacial score (nSPS) is 15.2. The molecule has 3 N–H and O–H groups in total. The number of benzene rings is 2. The van der Waals surface area contributed by atoms with Crippen molar-refractivity contribution in [2.45, 2.75) is 37.1 Å². The zero-order chi connectivity index (χ0) is 22.0. The highest BCUT2D eigenvalue weighted by molar-refractivity contribution is 7.98. The minimum absolute atomic E-state index is 0.106. The number of aromatic nitrogens is 2. The van der Waals surface area contributed by atoms with E-state index >= 15 is 0 Å². The van der Waals surface area contributed by atoms with Crippen molar-refractivity contribution in [1.29, 1.82) is 0 Å². The van der Waals surface area contributed by atoms with Gasteiger partial charge in [-0.05, 0) is 42.7 Å². The number of fused-ring (bicyclic) bond motifs is 1. The van der Waals surface area contributed by atoms with E-state index in [1.54, 1.807) is 0 Å². The summed E-state index contributed by atoms with van der Waals surface area (Å²) in [5, 5.41) is 5.87. The van der Waals surface area contributed by atoms with Crippen LogP contribution in [0.1, 0.15) is 34.6 Å². The number of aryl methyl sites for hydroxylation is 2. The summed E-state index contributed by atoms with van der Waals surface area (Å²) in [5.41, 5.74) is 3.51. The van der Waals surface area contributed by atoms with Crippen LogP contribution in [0, 0.1) is 13.8 Å². The summed E-state index contributed by atoms with van der Waals surface area (Å²) in [5.74, 6) is -0.888. The first-order valence-corrected chi connectivity index (χ1v) is 10.9. The van der Waals surface area contributed by atoms with E-state index in [-0.39, 0.29) is 23.7 Å². The molecule has 7 nitrogen and oxygen atoms in total. The van der Waals surface area contributed by atoms with E-state index in [9.17, 15) is 14.4 Å². The summed E-state index contributed by atoms with van der Waals surface area (Å²) in [6.07, 6.45) is -0.106. The van der Waals surface area contributed by atoms with Crippen LogP contribution >= 0.6 is 11.8 Å². The lowest BCUT2D eigenvalue weighted by Gasteiger charge is -2.23. The molecule has 2 aromatic carbocycles. The highest BCUT2D eigenvalue weighted by Crippen LogP contribution is 2.31. The van der Waals surface area contributed by atoms with Gasteiger partial charge in [-0.25, -0.2) is 4.98 Å². The van der Waals surface area contributed by atoms with Crippen LogP contribution in [-0.4, -0.2) is 21.8 Å². The molecule has 0 unspecified atom stereocenters. The molecular weight excluding hydrogens is 412 g/mol. The van der Waals surface area contributed by atoms with E-state index in [4.69, 9.17) is 0 Å². The Hall–Kier alpha value is -3.39. The number of carbonyl (C=O) groups excluding carboxylic acids is 2. The van der Waals surface area contributed by atoms with Gasteiger partial charge in [-0.1, -0.05) is 48.2 Å². The first-order chi connectivity index (χ1) is 14.9. The topological polar surface area (TPSA) is 104 Å². The highest BCUT2D eigenvalue weighted by Gasteiger charge is 2.34. The minimum Gasteiger partial charge on any atom is -0.326 e. The average Bonchev–Trinajstić information content (AvgIpc) is 2.71. The van der Waals surface area contributed by atoms with Crippen molar-refractivity contribution in [3.05, 3.63) is 81.1 Å². The second-order valence-corrected chi connectivity index (χ2v) is 8.54. The molecule has 0 radical (unpaired) electrons. The smallest absolute Gasteiger partial charge is 0.257 e. The molecule has 8 heteroatoms. The summed E-state index contributed by atoms with van der Waals surface area (Å²) < 4.78 is 0. The molecule has 2 amide bonds. The summed E-state index contributed by atoms with van der Waals surface area (Å²) in [6.45, 7) is 3.88. The number of hydrogen-bond acceptors (Lipinski definition) is 5. The van der Waals surface area contributed by atoms with Gasteiger partial charge in [0.25, 0.3) is 5.56 Å². The molecular formula is C23H22N4O3S. The number of anilines is 2. The number of rotatable bonds is 5. The van der Waals surface area contributed by atoms with Gasteiger partial charge in [0.05, 0.1) is 11.5 Å². The maximum Gasteiger partial charge on any atom is 0.257 e. The molecule has 1 aliphatic rings. The Morgan fingerprint density at radius 3 is 2.55 bits per heavy atom. The first kappa shape index (κ1) is 20.9. The number of aromatic amines is 1. The number of hydrogen-bond donors (Lipinski definition) is 3. The Balaban J connectivity index is 1.59. The van der Waals surface area contributed by atoms with Crippen molar-refractivity contribution in [3.63, 3.8) is 0 Å². The SMILES string of the molecule is Cc1cc(C)cc(NC(=O)[C@@H]2CC(=O)Nc3nc(SCc4ccccc4)[nH]c(=O)c32)c1. The van der Waals surface area contributed by atoms with E-state index in [1.807, 2.05) is 62.4 Å².